The second kappa shape index (κ2) is 11.1. The first-order valence-electron chi connectivity index (χ1n) is 11.9. The molecule has 0 fully saturated rings. The fourth-order valence-corrected chi connectivity index (χ4v) is 4.56. The fraction of sp³-hybridized carbons (Fsp3) is 0.179. The third-order valence-electron chi connectivity index (χ3n) is 6.48. The van der Waals surface area contributed by atoms with Crippen LogP contribution < -0.4 is 4.74 Å². The molecule has 3 aromatic carbocycles. The molecule has 5 rings (SSSR count). The van der Waals surface area contributed by atoms with Gasteiger partial charge in [0.15, 0.2) is 0 Å². The average molecular weight is 571 g/mol. The maximum atomic E-state index is 14.9. The molecule has 0 spiro atoms. The zero-order valence-corrected chi connectivity index (χ0v) is 22.1. The van der Waals surface area contributed by atoms with Crippen LogP contribution >= 0.6 is 23.2 Å². The Morgan fingerprint density at radius 1 is 1.03 bits per heavy atom. The minimum absolute atomic E-state index is 0.103. The van der Waals surface area contributed by atoms with E-state index < -0.39 is 23.2 Å². The lowest BCUT2D eigenvalue weighted by Gasteiger charge is -2.33. The largest absolute Gasteiger partial charge is 0.489 e. The van der Waals surface area contributed by atoms with Gasteiger partial charge in [0.25, 0.3) is 0 Å². The van der Waals surface area contributed by atoms with Gasteiger partial charge in [0.1, 0.15) is 53.7 Å². The van der Waals surface area contributed by atoms with Crippen molar-refractivity contribution in [3.63, 3.8) is 0 Å². The molecule has 2 aromatic heterocycles. The van der Waals surface area contributed by atoms with Gasteiger partial charge in [0.2, 0.25) is 0 Å². The summed E-state index contributed by atoms with van der Waals surface area (Å²) in [5, 5.41) is 20.9. The Morgan fingerprint density at radius 3 is 2.51 bits per heavy atom. The van der Waals surface area contributed by atoms with E-state index in [1.165, 1.54) is 23.4 Å². The van der Waals surface area contributed by atoms with E-state index >= 15 is 0 Å². The van der Waals surface area contributed by atoms with E-state index in [1.54, 1.807) is 37.3 Å². The van der Waals surface area contributed by atoms with Crippen LogP contribution in [0.25, 0.3) is 11.3 Å². The lowest BCUT2D eigenvalue weighted by atomic mass is 9.80. The quantitative estimate of drug-likeness (QED) is 0.210. The summed E-state index contributed by atoms with van der Waals surface area (Å²) >= 11 is 12.0. The van der Waals surface area contributed by atoms with Gasteiger partial charge in [-0.1, -0.05) is 47.4 Å². The number of aliphatic hydroxyl groups is 1. The zero-order valence-electron chi connectivity index (χ0n) is 20.6. The van der Waals surface area contributed by atoms with Crippen molar-refractivity contribution in [3.05, 3.63) is 118 Å². The SMILES string of the molecule is C[C@@H](c1cc(-c2ccc(OCc3ccc(Cl)c(Cl)c3)cc2)no1)[C@](O)(Cn1cncn1)c1ccc(F)cc1F. The number of halogens is 4. The predicted molar refractivity (Wildman–Crippen MR) is 141 cm³/mol. The highest BCUT2D eigenvalue weighted by Crippen LogP contribution is 2.40. The summed E-state index contributed by atoms with van der Waals surface area (Å²) in [6.07, 6.45) is 2.70. The number of rotatable bonds is 9. The summed E-state index contributed by atoms with van der Waals surface area (Å²) in [4.78, 5) is 3.89. The predicted octanol–water partition coefficient (Wildman–Crippen LogP) is 6.79. The van der Waals surface area contributed by atoms with Crippen LogP contribution in [0.5, 0.6) is 5.75 Å². The Morgan fingerprint density at radius 2 is 1.82 bits per heavy atom. The van der Waals surface area contributed by atoms with Crippen molar-refractivity contribution in [3.8, 4) is 17.0 Å². The van der Waals surface area contributed by atoms with Crippen molar-refractivity contribution in [2.24, 2.45) is 0 Å². The first-order valence-corrected chi connectivity index (χ1v) is 12.6. The van der Waals surface area contributed by atoms with Gasteiger partial charge in [-0.05, 0) is 48.0 Å². The van der Waals surface area contributed by atoms with Gasteiger partial charge in [-0.15, -0.1) is 0 Å². The second-order valence-electron chi connectivity index (χ2n) is 9.04. The normalized spacial score (nSPS) is 13.7. The fourth-order valence-electron chi connectivity index (χ4n) is 4.24. The Kier molecular flexibility index (Phi) is 7.65. The minimum atomic E-state index is -1.86. The van der Waals surface area contributed by atoms with Crippen LogP contribution in [0.3, 0.4) is 0 Å². The van der Waals surface area contributed by atoms with Crippen molar-refractivity contribution >= 4 is 23.2 Å². The molecular weight excluding hydrogens is 549 g/mol. The monoisotopic (exact) mass is 570 g/mol. The van der Waals surface area contributed by atoms with Gasteiger partial charge >= 0.3 is 0 Å². The molecule has 0 radical (unpaired) electrons. The van der Waals surface area contributed by atoms with Crippen molar-refractivity contribution in [1.29, 1.82) is 0 Å². The first-order chi connectivity index (χ1) is 18.7. The van der Waals surface area contributed by atoms with Crippen LogP contribution in [0.2, 0.25) is 10.0 Å². The molecule has 0 bridgehead atoms. The molecule has 1 N–H and O–H groups in total. The third kappa shape index (κ3) is 5.80. The van der Waals surface area contributed by atoms with Crippen LogP contribution in [0.4, 0.5) is 8.78 Å². The molecule has 0 amide bonds. The van der Waals surface area contributed by atoms with Crippen LogP contribution in [0, 0.1) is 11.6 Å². The third-order valence-corrected chi connectivity index (χ3v) is 7.22. The zero-order chi connectivity index (χ0) is 27.6. The molecule has 11 heteroatoms. The molecule has 200 valence electrons. The highest BCUT2D eigenvalue weighted by molar-refractivity contribution is 6.42. The summed E-state index contributed by atoms with van der Waals surface area (Å²) in [6, 6.07) is 17.2. The van der Waals surface area contributed by atoms with Crippen molar-refractivity contribution in [1.82, 2.24) is 19.9 Å². The van der Waals surface area contributed by atoms with Crippen molar-refractivity contribution in [2.75, 3.05) is 0 Å². The number of ether oxygens (including phenoxy) is 1. The summed E-state index contributed by atoms with van der Waals surface area (Å²) in [5.41, 5.74) is 0.167. The molecule has 7 nitrogen and oxygen atoms in total. The number of hydrogen-bond donors (Lipinski definition) is 1. The summed E-state index contributed by atoms with van der Waals surface area (Å²) in [5.74, 6) is -1.50. The maximum Gasteiger partial charge on any atom is 0.143 e. The van der Waals surface area contributed by atoms with Gasteiger partial charge in [-0.3, -0.25) is 0 Å². The average Bonchev–Trinajstić information content (AvgIpc) is 3.62. The van der Waals surface area contributed by atoms with E-state index in [1.807, 2.05) is 18.2 Å². The number of nitrogens with zero attached hydrogens (tertiary/aromatic N) is 4. The molecule has 5 aromatic rings. The maximum absolute atomic E-state index is 14.9. The van der Waals surface area contributed by atoms with E-state index in [4.69, 9.17) is 32.5 Å². The van der Waals surface area contributed by atoms with Gasteiger partial charge in [-0.2, -0.15) is 5.10 Å². The molecular formula is C28H22Cl2F2N4O3. The van der Waals surface area contributed by atoms with E-state index in [0.29, 0.717) is 33.9 Å². The Hall–Kier alpha value is -3.79. The highest BCUT2D eigenvalue weighted by atomic mass is 35.5. The van der Waals surface area contributed by atoms with Crippen LogP contribution in [0.15, 0.2) is 83.9 Å². The molecule has 0 unspecified atom stereocenters. The van der Waals surface area contributed by atoms with Crippen LogP contribution in [-0.2, 0) is 18.8 Å². The number of benzene rings is 3. The lowest BCUT2D eigenvalue weighted by molar-refractivity contribution is -0.0181. The standard InChI is InChI=1S/C28H22Cl2F2N4O3/c1-17(28(37,14-36-16-33-15-34-36)22-8-5-20(31)11-25(22)32)27-12-26(35-39-27)19-3-6-21(7-4-19)38-13-18-2-9-23(29)24(30)10-18/h2-12,15-17,37H,13-14H2,1H3/t17-,28+/m0/s1. The molecule has 0 saturated carbocycles. The number of aromatic nitrogens is 4. The number of hydrogen-bond acceptors (Lipinski definition) is 6. The van der Waals surface area contributed by atoms with Crippen molar-refractivity contribution in [2.45, 2.75) is 31.6 Å². The highest BCUT2D eigenvalue weighted by Gasteiger charge is 2.42. The van der Waals surface area contributed by atoms with Gasteiger partial charge in [0.05, 0.1) is 22.5 Å². The van der Waals surface area contributed by atoms with Gasteiger partial charge in [-0.25, -0.2) is 18.4 Å². The van der Waals surface area contributed by atoms with Gasteiger partial charge in [0, 0.05) is 23.3 Å². The van der Waals surface area contributed by atoms with E-state index in [9.17, 15) is 13.9 Å². The smallest absolute Gasteiger partial charge is 0.143 e. The molecule has 0 aliphatic rings. The second-order valence-corrected chi connectivity index (χ2v) is 9.85. The van der Waals surface area contributed by atoms with E-state index in [-0.39, 0.29) is 12.1 Å². The first kappa shape index (κ1) is 26.8. The molecule has 2 heterocycles. The molecule has 2 atom stereocenters. The van der Waals surface area contributed by atoms with Crippen LogP contribution in [0.1, 0.15) is 29.7 Å². The molecule has 0 saturated heterocycles. The summed E-state index contributed by atoms with van der Waals surface area (Å²) < 4.78 is 41.3. The minimum Gasteiger partial charge on any atom is -0.489 e. The Bertz CT molecular complexity index is 1580. The summed E-state index contributed by atoms with van der Waals surface area (Å²) in [7, 11) is 0. The van der Waals surface area contributed by atoms with Gasteiger partial charge < -0.3 is 14.4 Å². The summed E-state index contributed by atoms with van der Waals surface area (Å²) in [6.45, 7) is 1.83. The van der Waals surface area contributed by atoms with E-state index in [2.05, 4.69) is 15.2 Å². The molecule has 0 aliphatic carbocycles. The molecule has 0 aliphatic heterocycles. The van der Waals surface area contributed by atoms with Crippen LogP contribution in [-0.4, -0.2) is 25.0 Å². The molecule has 39 heavy (non-hydrogen) atoms. The van der Waals surface area contributed by atoms with E-state index in [0.717, 1.165) is 23.3 Å². The lowest BCUT2D eigenvalue weighted by Crippen LogP contribution is -2.38. The Balaban J connectivity index is 1.35. The Labute approximate surface area is 232 Å². The van der Waals surface area contributed by atoms with Crippen molar-refractivity contribution < 1.29 is 23.1 Å². The topological polar surface area (TPSA) is 86.2 Å².